The van der Waals surface area contributed by atoms with Crippen molar-refractivity contribution in [2.24, 2.45) is 0 Å². The molecule has 4 heteroatoms. The lowest BCUT2D eigenvalue weighted by Gasteiger charge is -1.94. The summed E-state index contributed by atoms with van der Waals surface area (Å²) >= 11 is 0. The Morgan fingerprint density at radius 3 is 2.92 bits per heavy atom. The molecule has 0 rings (SSSR count). The zero-order valence-corrected chi connectivity index (χ0v) is 8.04. The standard InChI is InChI=1S/C9H16N2O2/c1-3-13-8-7-11-9(12)5-4-6-10-2/h4-5,7-8,10H,3,6H2,1-2H3,(H,11,12). The quantitative estimate of drug-likeness (QED) is 0.463. The van der Waals surface area contributed by atoms with Gasteiger partial charge in [0.2, 0.25) is 5.91 Å². The second-order valence-electron chi connectivity index (χ2n) is 2.23. The molecule has 0 bridgehead atoms. The van der Waals surface area contributed by atoms with Crippen LogP contribution in [0.15, 0.2) is 24.6 Å². The molecule has 13 heavy (non-hydrogen) atoms. The summed E-state index contributed by atoms with van der Waals surface area (Å²) in [5, 5.41) is 5.41. The summed E-state index contributed by atoms with van der Waals surface area (Å²) in [6.45, 7) is 3.16. The van der Waals surface area contributed by atoms with E-state index >= 15 is 0 Å². The molecule has 0 unspecified atom stereocenters. The summed E-state index contributed by atoms with van der Waals surface area (Å²) in [6, 6.07) is 0. The van der Waals surface area contributed by atoms with E-state index in [2.05, 4.69) is 10.6 Å². The molecule has 0 spiro atoms. The number of nitrogens with one attached hydrogen (secondary N) is 2. The van der Waals surface area contributed by atoms with Crippen molar-refractivity contribution in [3.8, 4) is 0 Å². The molecule has 0 heterocycles. The normalized spacial score (nSPS) is 10.9. The van der Waals surface area contributed by atoms with E-state index < -0.39 is 0 Å². The van der Waals surface area contributed by atoms with Gasteiger partial charge in [-0.25, -0.2) is 0 Å². The number of ether oxygens (including phenoxy) is 1. The highest BCUT2D eigenvalue weighted by atomic mass is 16.5. The van der Waals surface area contributed by atoms with Crippen LogP contribution in [0.2, 0.25) is 0 Å². The van der Waals surface area contributed by atoms with Gasteiger partial charge < -0.3 is 15.4 Å². The summed E-state index contributed by atoms with van der Waals surface area (Å²) in [6.07, 6.45) is 6.12. The minimum atomic E-state index is -0.161. The molecule has 0 aliphatic carbocycles. The fourth-order valence-corrected chi connectivity index (χ4v) is 0.592. The van der Waals surface area contributed by atoms with Crippen molar-refractivity contribution in [2.45, 2.75) is 6.92 Å². The largest absolute Gasteiger partial charge is 0.500 e. The average molecular weight is 184 g/mol. The predicted octanol–water partition coefficient (Wildman–Crippen LogP) is 0.386. The van der Waals surface area contributed by atoms with Gasteiger partial charge in [-0.15, -0.1) is 0 Å². The molecule has 1 amide bonds. The fraction of sp³-hybridized carbons (Fsp3) is 0.444. The third-order valence-electron chi connectivity index (χ3n) is 1.15. The molecule has 0 atom stereocenters. The Labute approximate surface area is 78.7 Å². The summed E-state index contributed by atoms with van der Waals surface area (Å²) in [5.41, 5.74) is 0. The van der Waals surface area contributed by atoms with Gasteiger partial charge in [0, 0.05) is 18.8 Å². The van der Waals surface area contributed by atoms with Gasteiger partial charge in [0.1, 0.15) is 0 Å². The fourth-order valence-electron chi connectivity index (χ4n) is 0.592. The molecule has 0 aromatic rings. The van der Waals surface area contributed by atoms with Crippen molar-refractivity contribution in [1.82, 2.24) is 10.6 Å². The molecule has 0 saturated heterocycles. The van der Waals surface area contributed by atoms with Crippen LogP contribution in [-0.4, -0.2) is 26.1 Å². The van der Waals surface area contributed by atoms with Gasteiger partial charge in [-0.2, -0.15) is 0 Å². The molecule has 0 aromatic carbocycles. The van der Waals surface area contributed by atoms with E-state index in [-0.39, 0.29) is 5.91 Å². The zero-order chi connectivity index (χ0) is 9.94. The van der Waals surface area contributed by atoms with Crippen LogP contribution in [0.3, 0.4) is 0 Å². The van der Waals surface area contributed by atoms with Crippen molar-refractivity contribution in [1.29, 1.82) is 0 Å². The van der Waals surface area contributed by atoms with E-state index in [0.717, 1.165) is 0 Å². The molecule has 0 aromatic heterocycles. The van der Waals surface area contributed by atoms with Crippen LogP contribution < -0.4 is 10.6 Å². The van der Waals surface area contributed by atoms with E-state index in [1.54, 1.807) is 6.08 Å². The highest BCUT2D eigenvalue weighted by molar-refractivity contribution is 5.88. The van der Waals surface area contributed by atoms with E-state index in [1.165, 1.54) is 18.5 Å². The Balaban J connectivity index is 3.50. The van der Waals surface area contributed by atoms with Gasteiger partial charge in [-0.3, -0.25) is 4.79 Å². The maximum absolute atomic E-state index is 10.9. The minimum Gasteiger partial charge on any atom is -0.500 e. The van der Waals surface area contributed by atoms with Gasteiger partial charge in [-0.05, 0) is 14.0 Å². The smallest absolute Gasteiger partial charge is 0.247 e. The van der Waals surface area contributed by atoms with Gasteiger partial charge in [0.15, 0.2) is 0 Å². The minimum absolute atomic E-state index is 0.161. The number of hydrogen-bond donors (Lipinski definition) is 2. The van der Waals surface area contributed by atoms with Crippen LogP contribution >= 0.6 is 0 Å². The van der Waals surface area contributed by atoms with Gasteiger partial charge >= 0.3 is 0 Å². The number of rotatable bonds is 6. The van der Waals surface area contributed by atoms with Crippen molar-refractivity contribution in [3.63, 3.8) is 0 Å². The Morgan fingerprint density at radius 1 is 1.54 bits per heavy atom. The second-order valence-corrected chi connectivity index (χ2v) is 2.23. The summed E-state index contributed by atoms with van der Waals surface area (Å²) in [5.74, 6) is -0.161. The number of carbonyl (C=O) groups is 1. The SMILES string of the molecule is CCOC=CNC(=O)C=CCNC. The Kier molecular flexibility index (Phi) is 7.93. The molecule has 0 aliphatic rings. The van der Waals surface area contributed by atoms with Crippen LogP contribution in [0.5, 0.6) is 0 Å². The van der Waals surface area contributed by atoms with Gasteiger partial charge in [0.25, 0.3) is 0 Å². The summed E-state index contributed by atoms with van der Waals surface area (Å²) in [4.78, 5) is 10.9. The van der Waals surface area contributed by atoms with Crippen LogP contribution in [0.25, 0.3) is 0 Å². The molecule has 2 N–H and O–H groups in total. The molecular formula is C9H16N2O2. The first-order valence-electron chi connectivity index (χ1n) is 4.19. The Morgan fingerprint density at radius 2 is 2.31 bits per heavy atom. The maximum Gasteiger partial charge on any atom is 0.247 e. The second kappa shape index (κ2) is 8.80. The van der Waals surface area contributed by atoms with Crippen LogP contribution in [0.4, 0.5) is 0 Å². The predicted molar refractivity (Wildman–Crippen MR) is 52.0 cm³/mol. The molecule has 0 aliphatic heterocycles. The number of amides is 1. The van der Waals surface area contributed by atoms with Crippen LogP contribution in [-0.2, 0) is 9.53 Å². The molecule has 4 nitrogen and oxygen atoms in total. The first-order valence-corrected chi connectivity index (χ1v) is 4.19. The highest BCUT2D eigenvalue weighted by Gasteiger charge is 1.87. The van der Waals surface area contributed by atoms with E-state index in [4.69, 9.17) is 4.74 Å². The Hall–Kier alpha value is -1.29. The third-order valence-corrected chi connectivity index (χ3v) is 1.15. The highest BCUT2D eigenvalue weighted by Crippen LogP contribution is 1.76. The van der Waals surface area contributed by atoms with E-state index in [1.807, 2.05) is 14.0 Å². The molecule has 0 radical (unpaired) electrons. The van der Waals surface area contributed by atoms with Crippen molar-refractivity contribution in [2.75, 3.05) is 20.2 Å². The lowest BCUT2D eigenvalue weighted by molar-refractivity contribution is -0.115. The topological polar surface area (TPSA) is 50.4 Å². The summed E-state index contributed by atoms with van der Waals surface area (Å²) < 4.78 is 4.88. The molecule has 0 fully saturated rings. The zero-order valence-electron chi connectivity index (χ0n) is 8.04. The number of carbonyl (C=O) groups excluding carboxylic acids is 1. The van der Waals surface area contributed by atoms with Crippen molar-refractivity contribution < 1.29 is 9.53 Å². The summed E-state index contributed by atoms with van der Waals surface area (Å²) in [7, 11) is 1.82. The number of hydrogen-bond acceptors (Lipinski definition) is 3. The molecule has 74 valence electrons. The first-order chi connectivity index (χ1) is 6.31. The van der Waals surface area contributed by atoms with Crippen molar-refractivity contribution >= 4 is 5.91 Å². The monoisotopic (exact) mass is 184 g/mol. The van der Waals surface area contributed by atoms with Crippen molar-refractivity contribution in [3.05, 3.63) is 24.6 Å². The van der Waals surface area contributed by atoms with Crippen LogP contribution in [0, 0.1) is 0 Å². The molecule has 0 saturated carbocycles. The lowest BCUT2D eigenvalue weighted by atomic mass is 10.4. The Bertz CT molecular complexity index is 188. The molecular weight excluding hydrogens is 168 g/mol. The average Bonchev–Trinajstić information content (AvgIpc) is 2.13. The lowest BCUT2D eigenvalue weighted by Crippen LogP contribution is -2.14. The van der Waals surface area contributed by atoms with E-state index in [9.17, 15) is 4.79 Å². The number of likely N-dealkylation sites (N-methyl/N-ethyl adjacent to an activating group) is 1. The third kappa shape index (κ3) is 8.62. The van der Waals surface area contributed by atoms with Gasteiger partial charge in [-0.1, -0.05) is 6.08 Å². The van der Waals surface area contributed by atoms with Crippen LogP contribution in [0.1, 0.15) is 6.92 Å². The first kappa shape index (κ1) is 11.7. The van der Waals surface area contributed by atoms with E-state index in [0.29, 0.717) is 13.2 Å². The van der Waals surface area contributed by atoms with Gasteiger partial charge in [0.05, 0.1) is 12.9 Å². The maximum atomic E-state index is 10.9.